The Kier molecular flexibility index (Phi) is 4.42. The number of piperazine rings is 1. The molecule has 1 saturated heterocycles. The summed E-state index contributed by atoms with van der Waals surface area (Å²) in [6.45, 7) is 6.91. The first-order chi connectivity index (χ1) is 9.91. The van der Waals surface area contributed by atoms with E-state index < -0.39 is 10.9 Å². The average molecular weight is 293 g/mol. The van der Waals surface area contributed by atoms with Gasteiger partial charge in [-0.05, 0) is 19.9 Å². The molecule has 0 atom stereocenters. The quantitative estimate of drug-likeness (QED) is 0.673. The molecule has 0 radical (unpaired) electrons. The minimum atomic E-state index is -1.14. The molecule has 0 spiro atoms. The predicted molar refractivity (Wildman–Crippen MR) is 79.0 cm³/mol. The van der Waals surface area contributed by atoms with E-state index in [-0.39, 0.29) is 16.9 Å². The monoisotopic (exact) mass is 293 g/mol. The molecule has 21 heavy (non-hydrogen) atoms. The zero-order valence-electron chi connectivity index (χ0n) is 12.2. The van der Waals surface area contributed by atoms with Crippen LogP contribution in [0.25, 0.3) is 0 Å². The Labute approximate surface area is 122 Å². The van der Waals surface area contributed by atoms with E-state index in [2.05, 4.69) is 18.7 Å². The van der Waals surface area contributed by atoms with Crippen LogP contribution in [-0.2, 0) is 0 Å². The Hall–Kier alpha value is -2.15. The average Bonchev–Trinajstić information content (AvgIpc) is 2.46. The van der Waals surface area contributed by atoms with Crippen molar-refractivity contribution in [2.75, 3.05) is 31.1 Å². The van der Waals surface area contributed by atoms with Gasteiger partial charge in [0.2, 0.25) is 0 Å². The lowest BCUT2D eigenvalue weighted by molar-refractivity contribution is -0.384. The summed E-state index contributed by atoms with van der Waals surface area (Å²) >= 11 is 0. The Morgan fingerprint density at radius 3 is 2.38 bits per heavy atom. The van der Waals surface area contributed by atoms with Gasteiger partial charge in [0.1, 0.15) is 5.69 Å². The number of para-hydroxylation sites is 1. The highest BCUT2D eigenvalue weighted by Gasteiger charge is 2.29. The van der Waals surface area contributed by atoms with Crippen LogP contribution in [0.4, 0.5) is 11.4 Å². The second-order valence-corrected chi connectivity index (χ2v) is 5.35. The van der Waals surface area contributed by atoms with Gasteiger partial charge in [0.15, 0.2) is 0 Å². The molecule has 0 aromatic heterocycles. The van der Waals surface area contributed by atoms with Gasteiger partial charge in [-0.15, -0.1) is 0 Å². The molecule has 1 N–H and O–H groups in total. The minimum absolute atomic E-state index is 0.0119. The normalized spacial score (nSPS) is 16.2. The molecule has 7 nitrogen and oxygen atoms in total. The Balaban J connectivity index is 2.34. The third-order valence-corrected chi connectivity index (χ3v) is 3.80. The lowest BCUT2D eigenvalue weighted by Gasteiger charge is -2.38. The maximum Gasteiger partial charge on any atom is 0.338 e. The molecule has 1 aliphatic rings. The van der Waals surface area contributed by atoms with E-state index in [4.69, 9.17) is 0 Å². The number of carboxylic acids is 1. The molecule has 7 heteroatoms. The van der Waals surface area contributed by atoms with Gasteiger partial charge < -0.3 is 10.0 Å². The number of aromatic carboxylic acids is 1. The molecule has 1 heterocycles. The number of hydrogen-bond donors (Lipinski definition) is 1. The molecule has 0 aliphatic carbocycles. The number of anilines is 1. The number of carbonyl (C=O) groups is 1. The number of hydrogen-bond acceptors (Lipinski definition) is 5. The van der Waals surface area contributed by atoms with Crippen molar-refractivity contribution < 1.29 is 14.8 Å². The second-order valence-electron chi connectivity index (χ2n) is 5.35. The van der Waals surface area contributed by atoms with E-state index in [1.165, 1.54) is 18.2 Å². The Morgan fingerprint density at radius 2 is 1.90 bits per heavy atom. The second kappa shape index (κ2) is 6.09. The first-order valence-electron chi connectivity index (χ1n) is 6.91. The van der Waals surface area contributed by atoms with Gasteiger partial charge in [0, 0.05) is 38.3 Å². The van der Waals surface area contributed by atoms with Crippen LogP contribution in [0.3, 0.4) is 0 Å². The van der Waals surface area contributed by atoms with Gasteiger partial charge >= 0.3 is 5.97 Å². The van der Waals surface area contributed by atoms with E-state index in [0.717, 1.165) is 13.1 Å². The molecule has 0 saturated carbocycles. The van der Waals surface area contributed by atoms with E-state index in [1.807, 2.05) is 0 Å². The molecule has 1 aromatic rings. The third-order valence-electron chi connectivity index (χ3n) is 3.80. The molecular weight excluding hydrogens is 274 g/mol. The van der Waals surface area contributed by atoms with E-state index in [1.54, 1.807) is 4.90 Å². The van der Waals surface area contributed by atoms with E-state index >= 15 is 0 Å². The highest BCUT2D eigenvalue weighted by molar-refractivity contribution is 5.97. The summed E-state index contributed by atoms with van der Waals surface area (Å²) in [6.07, 6.45) is 0. The lowest BCUT2D eigenvalue weighted by atomic mass is 10.1. The van der Waals surface area contributed by atoms with Crippen molar-refractivity contribution >= 4 is 17.3 Å². The zero-order chi connectivity index (χ0) is 15.6. The van der Waals surface area contributed by atoms with Crippen LogP contribution in [-0.4, -0.2) is 53.1 Å². The maximum absolute atomic E-state index is 11.4. The summed E-state index contributed by atoms with van der Waals surface area (Å²) in [5.41, 5.74) is 0.0634. The van der Waals surface area contributed by atoms with Crippen molar-refractivity contribution in [3.8, 4) is 0 Å². The Bertz CT molecular complexity index is 519. The van der Waals surface area contributed by atoms with Crippen LogP contribution in [0.2, 0.25) is 0 Å². The highest BCUT2D eigenvalue weighted by Crippen LogP contribution is 2.33. The third kappa shape index (κ3) is 3.13. The predicted octanol–water partition coefficient (Wildman–Crippen LogP) is 1.82. The molecule has 0 amide bonds. The number of nitrogens with zero attached hydrogens (tertiary/aromatic N) is 3. The topological polar surface area (TPSA) is 86.9 Å². The fourth-order valence-corrected chi connectivity index (χ4v) is 2.65. The lowest BCUT2D eigenvalue weighted by Crippen LogP contribution is -2.49. The largest absolute Gasteiger partial charge is 0.478 e. The fourth-order valence-electron chi connectivity index (χ4n) is 2.65. The van der Waals surface area contributed by atoms with Crippen LogP contribution in [0, 0.1) is 10.1 Å². The number of rotatable bonds is 4. The first-order valence-corrected chi connectivity index (χ1v) is 6.91. The van der Waals surface area contributed by atoms with Gasteiger partial charge in [-0.2, -0.15) is 0 Å². The summed E-state index contributed by atoms with van der Waals surface area (Å²) in [7, 11) is 0. The molecular formula is C14H19N3O4. The van der Waals surface area contributed by atoms with Crippen molar-refractivity contribution in [2.24, 2.45) is 0 Å². The van der Waals surface area contributed by atoms with Crippen LogP contribution >= 0.6 is 0 Å². The number of carboxylic acid groups (broad SMARTS) is 1. The van der Waals surface area contributed by atoms with Crippen LogP contribution in [0.15, 0.2) is 18.2 Å². The minimum Gasteiger partial charge on any atom is -0.478 e. The molecule has 0 unspecified atom stereocenters. The van der Waals surface area contributed by atoms with Crippen molar-refractivity contribution in [1.29, 1.82) is 0 Å². The first kappa shape index (κ1) is 15.2. The summed E-state index contributed by atoms with van der Waals surface area (Å²) < 4.78 is 0. The van der Waals surface area contributed by atoms with Gasteiger partial charge in [-0.1, -0.05) is 6.07 Å². The van der Waals surface area contributed by atoms with Crippen molar-refractivity contribution in [3.63, 3.8) is 0 Å². The van der Waals surface area contributed by atoms with Gasteiger partial charge in [-0.25, -0.2) is 4.79 Å². The molecule has 0 bridgehead atoms. The van der Waals surface area contributed by atoms with Crippen LogP contribution in [0.1, 0.15) is 24.2 Å². The summed E-state index contributed by atoms with van der Waals surface area (Å²) in [4.78, 5) is 26.1. The number of nitro benzene ring substituents is 1. The van der Waals surface area contributed by atoms with Crippen molar-refractivity contribution in [1.82, 2.24) is 4.90 Å². The smallest absolute Gasteiger partial charge is 0.338 e. The molecule has 1 fully saturated rings. The van der Waals surface area contributed by atoms with Crippen molar-refractivity contribution in [3.05, 3.63) is 33.9 Å². The van der Waals surface area contributed by atoms with E-state index in [0.29, 0.717) is 19.1 Å². The zero-order valence-corrected chi connectivity index (χ0v) is 12.2. The standard InChI is InChI=1S/C14H19N3O4/c1-10(2)15-6-8-16(9-7-15)13-11(14(18)19)4-3-5-12(13)17(20)21/h3-5,10H,6-9H2,1-2H3,(H,18,19). The molecule has 1 aromatic carbocycles. The van der Waals surface area contributed by atoms with Crippen molar-refractivity contribution in [2.45, 2.75) is 19.9 Å². The summed E-state index contributed by atoms with van der Waals surface area (Å²) in [5.74, 6) is -1.14. The maximum atomic E-state index is 11.4. The van der Waals surface area contributed by atoms with E-state index in [9.17, 15) is 20.0 Å². The van der Waals surface area contributed by atoms with Crippen LogP contribution < -0.4 is 4.90 Å². The Morgan fingerprint density at radius 1 is 1.29 bits per heavy atom. The summed E-state index contributed by atoms with van der Waals surface area (Å²) in [6, 6.07) is 4.60. The van der Waals surface area contributed by atoms with Gasteiger partial charge in [0.25, 0.3) is 5.69 Å². The number of benzene rings is 1. The molecule has 114 valence electrons. The fraction of sp³-hybridized carbons (Fsp3) is 0.500. The van der Waals surface area contributed by atoms with Gasteiger partial charge in [0.05, 0.1) is 10.5 Å². The highest BCUT2D eigenvalue weighted by atomic mass is 16.6. The van der Waals surface area contributed by atoms with Crippen LogP contribution in [0.5, 0.6) is 0 Å². The number of nitro groups is 1. The summed E-state index contributed by atoms with van der Waals surface area (Å²) in [5, 5.41) is 20.5. The SMILES string of the molecule is CC(C)N1CCN(c2c(C(=O)O)cccc2[N+](=O)[O-])CC1. The van der Waals surface area contributed by atoms with Gasteiger partial charge in [-0.3, -0.25) is 15.0 Å². The molecule has 1 aliphatic heterocycles. The molecule has 2 rings (SSSR count).